The Labute approximate surface area is 206 Å². The van der Waals surface area contributed by atoms with Gasteiger partial charge >= 0.3 is 6.09 Å². The first-order chi connectivity index (χ1) is 17.2. The van der Waals surface area contributed by atoms with Crippen LogP contribution in [0.25, 0.3) is 16.9 Å². The SMILES string of the molecule is CC(C)(C)OC(=O)N1CC(Oc2cc(-n3c(C(F)F)nc4ccccc43)nc(N3CCOCC3)n2)C1. The number of para-hydroxylation sites is 2. The first kappa shape index (κ1) is 24.2. The van der Waals surface area contributed by atoms with Crippen molar-refractivity contribution in [1.29, 1.82) is 0 Å². The van der Waals surface area contributed by atoms with Crippen LogP contribution >= 0.6 is 0 Å². The molecule has 0 spiro atoms. The summed E-state index contributed by atoms with van der Waals surface area (Å²) in [5.41, 5.74) is 0.354. The molecule has 2 aromatic heterocycles. The molecule has 0 N–H and O–H groups in total. The highest BCUT2D eigenvalue weighted by atomic mass is 19.3. The van der Waals surface area contributed by atoms with Crippen LogP contribution in [-0.2, 0) is 9.47 Å². The summed E-state index contributed by atoms with van der Waals surface area (Å²) in [6, 6.07) is 8.43. The molecule has 10 nitrogen and oxygen atoms in total. The minimum absolute atomic E-state index is 0.230. The second-order valence-corrected chi connectivity index (χ2v) is 9.68. The summed E-state index contributed by atoms with van der Waals surface area (Å²) in [5, 5.41) is 0. The largest absolute Gasteiger partial charge is 0.470 e. The number of fused-ring (bicyclic) bond motifs is 1. The van der Waals surface area contributed by atoms with Crippen LogP contribution in [0.15, 0.2) is 30.3 Å². The number of carbonyl (C=O) groups excluding carboxylic acids is 1. The van der Waals surface area contributed by atoms with E-state index in [1.807, 2.05) is 25.7 Å². The Kier molecular flexibility index (Phi) is 6.37. The molecule has 1 amide bonds. The summed E-state index contributed by atoms with van der Waals surface area (Å²) in [6.07, 6.45) is -3.53. The van der Waals surface area contributed by atoms with E-state index in [1.54, 1.807) is 29.2 Å². The van der Waals surface area contributed by atoms with Gasteiger partial charge in [-0.2, -0.15) is 9.97 Å². The van der Waals surface area contributed by atoms with Crippen molar-refractivity contribution in [2.24, 2.45) is 0 Å². The van der Waals surface area contributed by atoms with Gasteiger partial charge in [-0.15, -0.1) is 0 Å². The van der Waals surface area contributed by atoms with E-state index in [9.17, 15) is 13.6 Å². The first-order valence-corrected chi connectivity index (χ1v) is 11.8. The smallest absolute Gasteiger partial charge is 0.410 e. The molecule has 0 unspecified atom stereocenters. The summed E-state index contributed by atoms with van der Waals surface area (Å²) in [5.74, 6) is 0.405. The van der Waals surface area contributed by atoms with E-state index in [0.29, 0.717) is 56.4 Å². The number of carbonyl (C=O) groups is 1. The number of aromatic nitrogens is 4. The van der Waals surface area contributed by atoms with E-state index in [-0.39, 0.29) is 17.8 Å². The van der Waals surface area contributed by atoms with E-state index < -0.39 is 23.9 Å². The van der Waals surface area contributed by atoms with Crippen molar-refractivity contribution in [3.05, 3.63) is 36.2 Å². The zero-order chi connectivity index (χ0) is 25.4. The second-order valence-electron chi connectivity index (χ2n) is 9.68. The molecule has 4 heterocycles. The molecule has 36 heavy (non-hydrogen) atoms. The maximum atomic E-state index is 14.0. The van der Waals surface area contributed by atoms with E-state index in [0.717, 1.165) is 0 Å². The molecule has 0 radical (unpaired) electrons. The molecule has 1 aromatic carbocycles. The van der Waals surface area contributed by atoms with E-state index >= 15 is 0 Å². The van der Waals surface area contributed by atoms with Gasteiger partial charge in [0.1, 0.15) is 17.5 Å². The number of nitrogens with zero attached hydrogens (tertiary/aromatic N) is 6. The molecule has 2 aliphatic heterocycles. The van der Waals surface area contributed by atoms with Crippen molar-refractivity contribution in [3.63, 3.8) is 0 Å². The fraction of sp³-hybridized carbons (Fsp3) is 0.500. The molecular weight excluding hydrogens is 474 g/mol. The molecule has 2 fully saturated rings. The zero-order valence-corrected chi connectivity index (χ0v) is 20.4. The maximum Gasteiger partial charge on any atom is 0.410 e. The van der Waals surface area contributed by atoms with Crippen LogP contribution in [0, 0.1) is 0 Å². The van der Waals surface area contributed by atoms with Crippen LogP contribution in [0.4, 0.5) is 19.5 Å². The van der Waals surface area contributed by atoms with Crippen LogP contribution < -0.4 is 9.64 Å². The lowest BCUT2D eigenvalue weighted by molar-refractivity contribution is -0.0232. The summed E-state index contributed by atoms with van der Waals surface area (Å²) in [6.45, 7) is 8.22. The van der Waals surface area contributed by atoms with Crippen molar-refractivity contribution in [1.82, 2.24) is 24.4 Å². The molecule has 12 heteroatoms. The average Bonchev–Trinajstić information content (AvgIpc) is 3.20. The quantitative estimate of drug-likeness (QED) is 0.523. The Morgan fingerprint density at radius 1 is 1.11 bits per heavy atom. The molecule has 0 atom stereocenters. The van der Waals surface area contributed by atoms with Crippen molar-refractivity contribution in [2.75, 3.05) is 44.3 Å². The molecular formula is C24H28F2N6O4. The first-order valence-electron chi connectivity index (χ1n) is 11.8. The standard InChI is InChI=1S/C24H28F2N6O4/c1-24(2,3)36-23(33)31-13-15(14-31)35-19-12-18(28-22(29-19)30-8-10-34-11-9-30)32-17-7-5-4-6-16(17)27-21(32)20(25)26/h4-7,12,15,20H,8-11,13-14H2,1-3H3. The maximum absolute atomic E-state index is 14.0. The number of halogens is 2. The van der Waals surface area contributed by atoms with Crippen LogP contribution in [0.1, 0.15) is 33.0 Å². The van der Waals surface area contributed by atoms with Crippen LogP contribution in [-0.4, -0.2) is 81.6 Å². The van der Waals surface area contributed by atoms with Gasteiger partial charge in [0.25, 0.3) is 6.43 Å². The normalized spacial score (nSPS) is 16.9. The van der Waals surface area contributed by atoms with Crippen molar-refractivity contribution >= 4 is 23.1 Å². The van der Waals surface area contributed by atoms with Crippen LogP contribution in [0.2, 0.25) is 0 Å². The predicted octanol–water partition coefficient (Wildman–Crippen LogP) is 3.59. The lowest BCUT2D eigenvalue weighted by Gasteiger charge is -2.39. The number of amides is 1. The van der Waals surface area contributed by atoms with Gasteiger partial charge in [0.15, 0.2) is 5.82 Å². The van der Waals surface area contributed by atoms with E-state index in [2.05, 4.69) is 15.0 Å². The Hall–Kier alpha value is -3.54. The highest BCUT2D eigenvalue weighted by Crippen LogP contribution is 2.30. The average molecular weight is 503 g/mol. The van der Waals surface area contributed by atoms with E-state index in [1.165, 1.54) is 10.6 Å². The highest BCUT2D eigenvalue weighted by molar-refractivity contribution is 5.78. The number of hydrogen-bond donors (Lipinski definition) is 0. The topological polar surface area (TPSA) is 94.8 Å². The van der Waals surface area contributed by atoms with Crippen LogP contribution in [0.3, 0.4) is 0 Å². The third-order valence-corrected chi connectivity index (χ3v) is 5.77. The molecule has 3 aromatic rings. The summed E-state index contributed by atoms with van der Waals surface area (Å²) >= 11 is 0. The molecule has 0 saturated carbocycles. The zero-order valence-electron chi connectivity index (χ0n) is 20.4. The van der Waals surface area contributed by atoms with Gasteiger partial charge in [0.05, 0.1) is 37.3 Å². The number of likely N-dealkylation sites (tertiary alicyclic amines) is 1. The van der Waals surface area contributed by atoms with Gasteiger partial charge in [-0.25, -0.2) is 18.6 Å². The number of anilines is 1. The highest BCUT2D eigenvalue weighted by Gasteiger charge is 2.36. The fourth-order valence-electron chi connectivity index (χ4n) is 4.07. The number of hydrogen-bond acceptors (Lipinski definition) is 8. The van der Waals surface area contributed by atoms with Crippen molar-refractivity contribution in [3.8, 4) is 11.7 Å². The molecule has 0 aliphatic carbocycles. The third-order valence-electron chi connectivity index (χ3n) is 5.77. The van der Waals surface area contributed by atoms with Crippen molar-refractivity contribution in [2.45, 2.75) is 38.9 Å². The van der Waals surface area contributed by atoms with Gasteiger partial charge in [-0.1, -0.05) is 12.1 Å². The predicted molar refractivity (Wildman–Crippen MR) is 127 cm³/mol. The van der Waals surface area contributed by atoms with E-state index in [4.69, 9.17) is 14.2 Å². The summed E-state index contributed by atoms with van der Waals surface area (Å²) in [7, 11) is 0. The Balaban J connectivity index is 1.46. The van der Waals surface area contributed by atoms with Gasteiger partial charge in [0, 0.05) is 19.2 Å². The molecule has 5 rings (SSSR count). The van der Waals surface area contributed by atoms with Gasteiger partial charge in [0.2, 0.25) is 11.8 Å². The summed E-state index contributed by atoms with van der Waals surface area (Å²) < 4.78 is 46.2. The molecule has 0 bridgehead atoms. The summed E-state index contributed by atoms with van der Waals surface area (Å²) in [4.78, 5) is 29.0. The van der Waals surface area contributed by atoms with Gasteiger partial charge < -0.3 is 24.0 Å². The molecule has 2 saturated heterocycles. The molecule has 2 aliphatic rings. The number of imidazole rings is 1. The monoisotopic (exact) mass is 502 g/mol. The number of rotatable bonds is 5. The number of morpholine rings is 1. The minimum atomic E-state index is -2.81. The van der Waals surface area contributed by atoms with Gasteiger partial charge in [-0.3, -0.25) is 4.57 Å². The lowest BCUT2D eigenvalue weighted by Crippen LogP contribution is -2.57. The lowest BCUT2D eigenvalue weighted by atomic mass is 10.2. The second kappa shape index (κ2) is 9.49. The number of benzene rings is 1. The van der Waals surface area contributed by atoms with Gasteiger partial charge in [-0.05, 0) is 32.9 Å². The Morgan fingerprint density at radius 2 is 1.83 bits per heavy atom. The third kappa shape index (κ3) is 5.03. The number of alkyl halides is 2. The molecule has 192 valence electrons. The fourth-order valence-corrected chi connectivity index (χ4v) is 4.07. The Bertz CT molecular complexity index is 1250. The van der Waals surface area contributed by atoms with Crippen molar-refractivity contribution < 1.29 is 27.8 Å². The van der Waals surface area contributed by atoms with Crippen LogP contribution in [0.5, 0.6) is 5.88 Å². The number of ether oxygens (including phenoxy) is 3. The minimum Gasteiger partial charge on any atom is -0.470 e. The Morgan fingerprint density at radius 3 is 2.53 bits per heavy atom.